The molecule has 1 fully saturated rings. The Morgan fingerprint density at radius 2 is 1.94 bits per heavy atom. The summed E-state index contributed by atoms with van der Waals surface area (Å²) in [4.78, 5) is 23.7. The molecule has 0 aromatic rings. The van der Waals surface area contributed by atoms with Gasteiger partial charge in [0.1, 0.15) is 0 Å². The number of amides is 2. The lowest BCUT2D eigenvalue weighted by atomic mass is 9.68. The molecular weight excluding hydrogens is 250 g/mol. The first kappa shape index (κ1) is 14.9. The molecule has 0 heterocycles. The van der Waals surface area contributed by atoms with Crippen molar-refractivity contribution in [2.24, 2.45) is 17.1 Å². The summed E-state index contributed by atoms with van der Waals surface area (Å²) in [6, 6.07) is 0. The van der Waals surface area contributed by atoms with E-state index in [1.54, 1.807) is 0 Å². The van der Waals surface area contributed by atoms with Crippen molar-refractivity contribution in [2.75, 3.05) is 13.1 Å². The SMILES string of the molecule is CC(C)CNC(=O)CNC(=O)C1(C(N)=S)CCC1. The predicted octanol–water partition coefficient (Wildman–Crippen LogP) is 0.331. The molecule has 0 saturated heterocycles. The number of nitrogens with two attached hydrogens (primary N) is 1. The third-order valence-corrected chi connectivity index (χ3v) is 3.62. The first-order valence-electron chi connectivity index (χ1n) is 6.23. The van der Waals surface area contributed by atoms with Crippen molar-refractivity contribution in [3.8, 4) is 0 Å². The zero-order valence-corrected chi connectivity index (χ0v) is 11.7. The van der Waals surface area contributed by atoms with Crippen molar-refractivity contribution in [3.05, 3.63) is 0 Å². The van der Waals surface area contributed by atoms with E-state index in [9.17, 15) is 9.59 Å². The van der Waals surface area contributed by atoms with Gasteiger partial charge in [-0.25, -0.2) is 0 Å². The van der Waals surface area contributed by atoms with Crippen LogP contribution in [0.3, 0.4) is 0 Å². The van der Waals surface area contributed by atoms with Crippen LogP contribution in [-0.4, -0.2) is 29.9 Å². The molecule has 0 atom stereocenters. The van der Waals surface area contributed by atoms with E-state index in [0.29, 0.717) is 25.3 Å². The third kappa shape index (κ3) is 3.41. The Kier molecular flexibility index (Phi) is 5.07. The molecule has 1 saturated carbocycles. The van der Waals surface area contributed by atoms with Gasteiger partial charge < -0.3 is 16.4 Å². The summed E-state index contributed by atoms with van der Waals surface area (Å²) in [6.45, 7) is 4.61. The normalized spacial score (nSPS) is 16.8. The third-order valence-electron chi connectivity index (χ3n) is 3.23. The van der Waals surface area contributed by atoms with Crippen molar-refractivity contribution in [3.63, 3.8) is 0 Å². The largest absolute Gasteiger partial charge is 0.392 e. The van der Waals surface area contributed by atoms with E-state index in [2.05, 4.69) is 10.6 Å². The number of hydrogen-bond donors (Lipinski definition) is 3. The molecule has 6 heteroatoms. The molecule has 0 unspecified atom stereocenters. The molecule has 0 aromatic heterocycles. The summed E-state index contributed by atoms with van der Waals surface area (Å²) >= 11 is 4.94. The fraction of sp³-hybridized carbons (Fsp3) is 0.750. The molecule has 1 aliphatic carbocycles. The van der Waals surface area contributed by atoms with Crippen LogP contribution in [0.4, 0.5) is 0 Å². The standard InChI is InChI=1S/C12H21N3O2S/c1-8(2)6-14-9(16)7-15-11(17)12(10(13)18)4-3-5-12/h8H,3-7H2,1-2H3,(H2,13,18)(H,14,16)(H,15,17). The summed E-state index contributed by atoms with van der Waals surface area (Å²) in [7, 11) is 0. The van der Waals surface area contributed by atoms with Gasteiger partial charge in [0, 0.05) is 6.54 Å². The second kappa shape index (κ2) is 6.13. The van der Waals surface area contributed by atoms with Crippen LogP contribution in [-0.2, 0) is 9.59 Å². The zero-order chi connectivity index (χ0) is 13.8. The van der Waals surface area contributed by atoms with Gasteiger partial charge in [0.25, 0.3) is 0 Å². The van der Waals surface area contributed by atoms with Crippen molar-refractivity contribution >= 4 is 29.0 Å². The summed E-state index contributed by atoms with van der Waals surface area (Å²) < 4.78 is 0. The van der Waals surface area contributed by atoms with Gasteiger partial charge in [0.2, 0.25) is 11.8 Å². The van der Waals surface area contributed by atoms with E-state index in [0.717, 1.165) is 6.42 Å². The maximum atomic E-state index is 12.0. The van der Waals surface area contributed by atoms with Gasteiger partial charge in [-0.15, -0.1) is 0 Å². The number of thiocarbonyl (C=S) groups is 1. The lowest BCUT2D eigenvalue weighted by Gasteiger charge is -2.38. The van der Waals surface area contributed by atoms with Gasteiger partial charge in [0.15, 0.2) is 0 Å². The minimum absolute atomic E-state index is 0.0179. The van der Waals surface area contributed by atoms with Crippen LogP contribution in [0.25, 0.3) is 0 Å². The Labute approximate surface area is 113 Å². The number of carbonyl (C=O) groups is 2. The van der Waals surface area contributed by atoms with E-state index in [1.165, 1.54) is 0 Å². The first-order chi connectivity index (χ1) is 8.38. The lowest BCUT2D eigenvalue weighted by molar-refractivity contribution is -0.133. The maximum absolute atomic E-state index is 12.0. The molecule has 5 nitrogen and oxygen atoms in total. The molecule has 1 aliphatic rings. The molecule has 18 heavy (non-hydrogen) atoms. The van der Waals surface area contributed by atoms with Crippen LogP contribution in [0, 0.1) is 11.3 Å². The van der Waals surface area contributed by atoms with Gasteiger partial charge in [-0.05, 0) is 18.8 Å². The highest BCUT2D eigenvalue weighted by Gasteiger charge is 2.46. The van der Waals surface area contributed by atoms with Crippen molar-refractivity contribution in [1.29, 1.82) is 0 Å². The Balaban J connectivity index is 2.37. The summed E-state index contributed by atoms with van der Waals surface area (Å²) in [6.07, 6.45) is 2.31. The van der Waals surface area contributed by atoms with Gasteiger partial charge in [-0.1, -0.05) is 32.5 Å². The van der Waals surface area contributed by atoms with E-state index in [-0.39, 0.29) is 23.3 Å². The van der Waals surface area contributed by atoms with Crippen LogP contribution in [0.1, 0.15) is 33.1 Å². The Morgan fingerprint density at radius 1 is 1.33 bits per heavy atom. The van der Waals surface area contributed by atoms with Crippen LogP contribution in [0.15, 0.2) is 0 Å². The van der Waals surface area contributed by atoms with Crippen LogP contribution in [0.2, 0.25) is 0 Å². The van der Waals surface area contributed by atoms with Gasteiger partial charge in [-0.2, -0.15) is 0 Å². The number of rotatable bonds is 6. The quantitative estimate of drug-likeness (QED) is 0.608. The second-order valence-corrected chi connectivity index (χ2v) is 5.62. The molecule has 0 bridgehead atoms. The second-order valence-electron chi connectivity index (χ2n) is 5.18. The molecule has 4 N–H and O–H groups in total. The molecule has 2 amide bonds. The molecule has 102 valence electrons. The average Bonchev–Trinajstić information content (AvgIpc) is 2.21. The van der Waals surface area contributed by atoms with Crippen molar-refractivity contribution in [1.82, 2.24) is 10.6 Å². The van der Waals surface area contributed by atoms with Crippen molar-refractivity contribution in [2.45, 2.75) is 33.1 Å². The summed E-state index contributed by atoms with van der Waals surface area (Å²) in [5.41, 5.74) is 4.89. The maximum Gasteiger partial charge on any atom is 0.239 e. The highest BCUT2D eigenvalue weighted by molar-refractivity contribution is 7.80. The molecule has 1 rings (SSSR count). The van der Waals surface area contributed by atoms with Crippen LogP contribution < -0.4 is 16.4 Å². The Bertz CT molecular complexity index is 351. The molecule has 0 aliphatic heterocycles. The number of carbonyl (C=O) groups excluding carboxylic acids is 2. The van der Waals surface area contributed by atoms with Crippen LogP contribution in [0.5, 0.6) is 0 Å². The molecule has 0 aromatic carbocycles. The van der Waals surface area contributed by atoms with E-state index in [1.807, 2.05) is 13.8 Å². The molecular formula is C12H21N3O2S. The highest BCUT2D eigenvalue weighted by atomic mass is 32.1. The van der Waals surface area contributed by atoms with Crippen LogP contribution >= 0.6 is 12.2 Å². The minimum Gasteiger partial charge on any atom is -0.392 e. The number of nitrogens with one attached hydrogen (secondary N) is 2. The Morgan fingerprint density at radius 3 is 2.33 bits per heavy atom. The number of hydrogen-bond acceptors (Lipinski definition) is 3. The highest BCUT2D eigenvalue weighted by Crippen LogP contribution is 2.41. The van der Waals surface area contributed by atoms with Crippen molar-refractivity contribution < 1.29 is 9.59 Å². The lowest BCUT2D eigenvalue weighted by Crippen LogP contribution is -2.54. The van der Waals surface area contributed by atoms with Gasteiger partial charge >= 0.3 is 0 Å². The van der Waals surface area contributed by atoms with E-state index in [4.69, 9.17) is 18.0 Å². The molecule has 0 radical (unpaired) electrons. The summed E-state index contributed by atoms with van der Waals surface area (Å²) in [5, 5.41) is 5.35. The van der Waals surface area contributed by atoms with Gasteiger partial charge in [-0.3, -0.25) is 9.59 Å². The Hall–Kier alpha value is -1.17. The predicted molar refractivity (Wildman–Crippen MR) is 73.9 cm³/mol. The first-order valence-corrected chi connectivity index (χ1v) is 6.64. The topological polar surface area (TPSA) is 84.2 Å². The van der Waals surface area contributed by atoms with E-state index < -0.39 is 5.41 Å². The average molecular weight is 271 g/mol. The molecule has 0 spiro atoms. The van der Waals surface area contributed by atoms with Gasteiger partial charge in [0.05, 0.1) is 16.9 Å². The fourth-order valence-electron chi connectivity index (χ4n) is 1.83. The minimum atomic E-state index is -0.715. The zero-order valence-electron chi connectivity index (χ0n) is 10.9. The smallest absolute Gasteiger partial charge is 0.239 e. The summed E-state index contributed by atoms with van der Waals surface area (Å²) in [5.74, 6) is -0.0188. The fourth-order valence-corrected chi connectivity index (χ4v) is 2.12. The van der Waals surface area contributed by atoms with E-state index >= 15 is 0 Å². The monoisotopic (exact) mass is 271 g/mol.